The molecule has 2 aromatic carbocycles. The molecule has 1 aromatic heterocycles. The van der Waals surface area contributed by atoms with Crippen molar-refractivity contribution in [2.75, 3.05) is 32.7 Å². The number of furan rings is 1. The maximum atomic E-state index is 13.5. The molecule has 3 N–H and O–H groups in total. The van der Waals surface area contributed by atoms with E-state index >= 15 is 0 Å². The van der Waals surface area contributed by atoms with Gasteiger partial charge in [0.1, 0.15) is 23.4 Å². The Kier molecular flexibility index (Phi) is 5.40. The topological polar surface area (TPSA) is 98.0 Å². The molecule has 3 aliphatic heterocycles. The lowest BCUT2D eigenvalue weighted by Crippen LogP contribution is -2.69. The van der Waals surface area contributed by atoms with E-state index in [1.807, 2.05) is 17.0 Å². The molecule has 0 aliphatic carbocycles. The van der Waals surface area contributed by atoms with Crippen LogP contribution in [0.5, 0.6) is 0 Å². The fraction of sp³-hybridized carbons (Fsp3) is 0.407. The number of aliphatic hydroxyl groups excluding tert-OH is 1. The molecule has 0 bridgehead atoms. The average molecular weight is 475 g/mol. The Hall–Kier alpha value is -3.20. The second-order valence-corrected chi connectivity index (χ2v) is 10.1. The molecule has 1 spiro atoms. The van der Waals surface area contributed by atoms with Gasteiger partial charge in [0.25, 0.3) is 5.91 Å². The molecule has 8 nitrogen and oxygen atoms in total. The lowest BCUT2D eigenvalue weighted by molar-refractivity contribution is -0.138. The van der Waals surface area contributed by atoms with Gasteiger partial charge in [0, 0.05) is 38.1 Å². The van der Waals surface area contributed by atoms with Crippen molar-refractivity contribution < 1.29 is 19.1 Å². The number of benzene rings is 2. The summed E-state index contributed by atoms with van der Waals surface area (Å²) in [5, 5.41) is 17.6. The molecule has 182 valence electrons. The van der Waals surface area contributed by atoms with Gasteiger partial charge in [-0.25, -0.2) is 0 Å². The number of nitrogens with one attached hydrogen (secondary N) is 2. The number of likely N-dealkylation sites (tertiary alicyclic amines) is 1. The number of amides is 2. The van der Waals surface area contributed by atoms with E-state index in [2.05, 4.69) is 47.0 Å². The smallest absolute Gasteiger partial charge is 0.251 e. The van der Waals surface area contributed by atoms with E-state index in [0.29, 0.717) is 32.7 Å². The van der Waals surface area contributed by atoms with Gasteiger partial charge >= 0.3 is 0 Å². The Morgan fingerprint density at radius 1 is 1.17 bits per heavy atom. The van der Waals surface area contributed by atoms with Gasteiger partial charge in [0.2, 0.25) is 5.91 Å². The lowest BCUT2D eigenvalue weighted by atomic mass is 9.92. The Balaban J connectivity index is 1.23. The van der Waals surface area contributed by atoms with Crippen LogP contribution in [-0.2, 0) is 9.59 Å². The van der Waals surface area contributed by atoms with Crippen molar-refractivity contribution in [1.82, 2.24) is 20.4 Å². The molecule has 0 radical (unpaired) electrons. The average Bonchev–Trinajstić information content (AvgIpc) is 3.56. The molecule has 3 saturated heterocycles. The summed E-state index contributed by atoms with van der Waals surface area (Å²) in [5.41, 5.74) is 3.59. The minimum absolute atomic E-state index is 0.121. The number of carbonyl (C=O) groups is 2. The van der Waals surface area contributed by atoms with Gasteiger partial charge in [-0.2, -0.15) is 0 Å². The van der Waals surface area contributed by atoms with Gasteiger partial charge in [-0.3, -0.25) is 14.9 Å². The van der Waals surface area contributed by atoms with E-state index < -0.39 is 11.6 Å². The van der Waals surface area contributed by atoms with Crippen LogP contribution in [0.15, 0.2) is 59.2 Å². The Morgan fingerprint density at radius 3 is 2.66 bits per heavy atom. The first kappa shape index (κ1) is 22.3. The van der Waals surface area contributed by atoms with E-state index in [9.17, 15) is 14.7 Å². The number of hydrogen-bond acceptors (Lipinski definition) is 6. The number of rotatable bonds is 5. The molecular weight excluding hydrogens is 444 g/mol. The van der Waals surface area contributed by atoms with Crippen LogP contribution < -0.4 is 10.6 Å². The number of fused-ring (bicyclic) bond motifs is 1. The van der Waals surface area contributed by atoms with Gasteiger partial charge in [-0.05, 0) is 54.2 Å². The Morgan fingerprint density at radius 2 is 1.94 bits per heavy atom. The quantitative estimate of drug-likeness (QED) is 0.524. The first-order valence-corrected chi connectivity index (χ1v) is 12.3. The fourth-order valence-corrected chi connectivity index (χ4v) is 5.60. The molecule has 3 aliphatic rings. The van der Waals surface area contributed by atoms with Gasteiger partial charge < -0.3 is 24.6 Å². The summed E-state index contributed by atoms with van der Waals surface area (Å²) in [6, 6.07) is 16.5. The van der Waals surface area contributed by atoms with Gasteiger partial charge in [-0.1, -0.05) is 30.3 Å². The number of carbonyl (C=O) groups excluding carboxylic acids is 2. The van der Waals surface area contributed by atoms with E-state index in [-0.39, 0.29) is 23.9 Å². The summed E-state index contributed by atoms with van der Waals surface area (Å²) >= 11 is 0. The maximum absolute atomic E-state index is 13.5. The summed E-state index contributed by atoms with van der Waals surface area (Å²) < 4.78 is 5.45. The Labute approximate surface area is 203 Å². The Bertz CT molecular complexity index is 1260. The molecule has 3 aromatic rings. The van der Waals surface area contributed by atoms with Crippen LogP contribution in [0.25, 0.3) is 22.1 Å². The highest BCUT2D eigenvalue weighted by Gasteiger charge is 2.55. The van der Waals surface area contributed by atoms with Crippen LogP contribution in [0, 0.1) is 5.92 Å². The van der Waals surface area contributed by atoms with Crippen LogP contribution in [0.1, 0.15) is 25.1 Å². The third-order valence-corrected chi connectivity index (χ3v) is 7.67. The molecule has 6 rings (SSSR count). The SMILES string of the molecule is CC(O)C(=O)N1CC[C@@H](CN2C(=O)C3(CNC3)NC2c2ccc(-c3ccc4occc4c3)cc2)C1. The summed E-state index contributed by atoms with van der Waals surface area (Å²) in [4.78, 5) is 29.4. The molecule has 2 amide bonds. The first-order chi connectivity index (χ1) is 16.9. The highest BCUT2D eigenvalue weighted by atomic mass is 16.3. The lowest BCUT2D eigenvalue weighted by Gasteiger charge is -2.37. The van der Waals surface area contributed by atoms with Crippen molar-refractivity contribution in [3.8, 4) is 11.1 Å². The fourth-order valence-electron chi connectivity index (χ4n) is 5.60. The van der Waals surface area contributed by atoms with Gasteiger partial charge in [0.05, 0.1) is 6.26 Å². The second-order valence-electron chi connectivity index (χ2n) is 10.1. The zero-order valence-corrected chi connectivity index (χ0v) is 19.7. The molecule has 0 saturated carbocycles. The number of nitrogens with zero attached hydrogens (tertiary/aromatic N) is 2. The van der Waals surface area contributed by atoms with Crippen molar-refractivity contribution in [2.24, 2.45) is 5.92 Å². The molecule has 4 heterocycles. The van der Waals surface area contributed by atoms with Gasteiger partial charge in [-0.15, -0.1) is 0 Å². The zero-order valence-electron chi connectivity index (χ0n) is 19.7. The summed E-state index contributed by atoms with van der Waals surface area (Å²) in [5.74, 6) is 0.0740. The van der Waals surface area contributed by atoms with Crippen molar-refractivity contribution >= 4 is 22.8 Å². The first-order valence-electron chi connectivity index (χ1n) is 12.3. The highest BCUT2D eigenvalue weighted by Crippen LogP contribution is 2.36. The van der Waals surface area contributed by atoms with Crippen molar-refractivity contribution in [3.05, 3.63) is 60.4 Å². The minimum Gasteiger partial charge on any atom is -0.464 e. The normalized spacial score (nSPS) is 24.3. The maximum Gasteiger partial charge on any atom is 0.251 e. The van der Waals surface area contributed by atoms with Crippen LogP contribution in [0.4, 0.5) is 0 Å². The van der Waals surface area contributed by atoms with E-state index in [0.717, 1.165) is 34.1 Å². The second kappa shape index (κ2) is 8.48. The van der Waals surface area contributed by atoms with Crippen LogP contribution in [0.3, 0.4) is 0 Å². The molecule has 3 fully saturated rings. The summed E-state index contributed by atoms with van der Waals surface area (Å²) in [6.07, 6.45) is 1.32. The molecule has 2 unspecified atom stereocenters. The third-order valence-electron chi connectivity index (χ3n) is 7.67. The highest BCUT2D eigenvalue weighted by molar-refractivity contribution is 5.91. The molecule has 8 heteroatoms. The van der Waals surface area contributed by atoms with Gasteiger partial charge in [0.15, 0.2) is 0 Å². The minimum atomic E-state index is -0.992. The van der Waals surface area contributed by atoms with E-state index in [1.54, 1.807) is 11.2 Å². The predicted molar refractivity (Wildman–Crippen MR) is 131 cm³/mol. The molecular formula is C27H30N4O4. The van der Waals surface area contributed by atoms with E-state index in [4.69, 9.17) is 4.42 Å². The van der Waals surface area contributed by atoms with Crippen molar-refractivity contribution in [1.29, 1.82) is 0 Å². The van der Waals surface area contributed by atoms with Crippen molar-refractivity contribution in [2.45, 2.75) is 31.2 Å². The largest absolute Gasteiger partial charge is 0.464 e. The summed E-state index contributed by atoms with van der Waals surface area (Å²) in [7, 11) is 0. The van der Waals surface area contributed by atoms with E-state index in [1.165, 1.54) is 6.92 Å². The third kappa shape index (κ3) is 3.82. The zero-order chi connectivity index (χ0) is 24.2. The monoisotopic (exact) mass is 474 g/mol. The predicted octanol–water partition coefficient (Wildman–Crippen LogP) is 2.10. The van der Waals surface area contributed by atoms with Crippen LogP contribution in [-0.4, -0.2) is 71.1 Å². The van der Waals surface area contributed by atoms with Crippen LogP contribution >= 0.6 is 0 Å². The molecule has 35 heavy (non-hydrogen) atoms. The molecule has 3 atom stereocenters. The number of aliphatic hydroxyl groups is 1. The standard InChI is InChI=1S/C27H30N4O4/c1-17(32)25(33)30-10-8-18(13-30)14-31-24(29-27(26(31)34)15-28-16-27)20-4-2-19(3-5-20)21-6-7-23-22(12-21)9-11-35-23/h2-7,9,11-12,17-18,24,28-29,32H,8,10,13-16H2,1H3/t17?,18-,24?/m1/s1. The van der Waals surface area contributed by atoms with Crippen molar-refractivity contribution in [3.63, 3.8) is 0 Å². The summed E-state index contributed by atoms with van der Waals surface area (Å²) in [6.45, 7) is 4.53. The number of hydrogen-bond donors (Lipinski definition) is 3. The van der Waals surface area contributed by atoms with Crippen LogP contribution in [0.2, 0.25) is 0 Å².